The number of carbonyl (C=O) groups excluding carboxylic acids is 2. The number of hydrogen-bond acceptors (Lipinski definition) is 6. The Kier molecular flexibility index (Phi) is 5.21. The molecule has 9 atom stereocenters. The van der Waals surface area contributed by atoms with Gasteiger partial charge >= 0.3 is 0 Å². The molecular weight excluding hydrogens is 487 g/mol. The predicted molar refractivity (Wildman–Crippen MR) is 127 cm³/mol. The molecule has 0 radical (unpaired) electrons. The van der Waals surface area contributed by atoms with Gasteiger partial charge in [0.2, 0.25) is 0 Å². The molecule has 0 bridgehead atoms. The molecule has 0 spiro atoms. The van der Waals surface area contributed by atoms with Gasteiger partial charge in [-0.05, 0) is 74.1 Å². The number of carbonyl (C=O) groups is 2. The van der Waals surface area contributed by atoms with Crippen molar-refractivity contribution in [3.8, 4) is 0 Å². The smallest absolute Gasteiger partial charge is 0.193 e. The third kappa shape index (κ3) is 2.88. The van der Waals surface area contributed by atoms with Gasteiger partial charge in [0.15, 0.2) is 22.8 Å². The van der Waals surface area contributed by atoms with Gasteiger partial charge in [0.05, 0.1) is 18.3 Å². The van der Waals surface area contributed by atoms with Crippen molar-refractivity contribution < 1.29 is 37.8 Å². The molecule has 4 aliphatic carbocycles. The zero-order valence-electron chi connectivity index (χ0n) is 20.7. The van der Waals surface area contributed by atoms with Crippen LogP contribution in [0.15, 0.2) is 48.1 Å². The average Bonchev–Trinajstić information content (AvgIpc) is 3.36. The molecule has 3 saturated carbocycles. The van der Waals surface area contributed by atoms with Crippen LogP contribution in [0.4, 0.5) is 18.9 Å². The van der Waals surface area contributed by atoms with Gasteiger partial charge < -0.3 is 10.2 Å². The number of anilines is 1. The molecule has 0 aromatic heterocycles. The molecule has 37 heavy (non-hydrogen) atoms. The normalized spacial score (nSPS) is 46.1. The Morgan fingerprint density at radius 3 is 2.57 bits per heavy atom. The molecule has 1 heterocycles. The number of hydroxylamine groups is 1. The van der Waals surface area contributed by atoms with Crippen LogP contribution in [0.25, 0.3) is 0 Å². The summed E-state index contributed by atoms with van der Waals surface area (Å²) in [7, 11) is 0. The maximum atomic E-state index is 17.4. The Morgan fingerprint density at radius 1 is 1.19 bits per heavy atom. The number of alkyl halides is 2. The van der Waals surface area contributed by atoms with Crippen LogP contribution in [0, 0.1) is 34.4 Å². The summed E-state index contributed by atoms with van der Waals surface area (Å²) in [5, 5.41) is 23.0. The number of fused-ring (bicyclic) bond motifs is 7. The van der Waals surface area contributed by atoms with E-state index in [2.05, 4.69) is 0 Å². The molecule has 198 valence electrons. The summed E-state index contributed by atoms with van der Waals surface area (Å²) in [6, 6.07) is 5.60. The van der Waals surface area contributed by atoms with Crippen molar-refractivity contribution in [1.29, 1.82) is 0 Å². The molecule has 4 fully saturated rings. The molecule has 1 aromatic rings. The third-order valence-electron chi connectivity index (χ3n) is 10.3. The molecule has 1 aliphatic heterocycles. The molecule has 5 aliphatic rings. The Morgan fingerprint density at radius 2 is 1.89 bits per heavy atom. The van der Waals surface area contributed by atoms with Crippen LogP contribution in [0.1, 0.15) is 33.1 Å². The molecule has 0 unspecified atom stereocenters. The fourth-order valence-corrected chi connectivity index (χ4v) is 8.63. The van der Waals surface area contributed by atoms with Crippen molar-refractivity contribution in [3.63, 3.8) is 0 Å². The highest BCUT2D eigenvalue weighted by Crippen LogP contribution is 2.72. The van der Waals surface area contributed by atoms with Crippen molar-refractivity contribution in [2.75, 3.05) is 18.2 Å². The van der Waals surface area contributed by atoms with Gasteiger partial charge in [0.25, 0.3) is 0 Å². The number of rotatable bonds is 3. The number of hydrogen-bond donors (Lipinski definition) is 2. The molecule has 2 N–H and O–H groups in total. The zero-order valence-corrected chi connectivity index (χ0v) is 20.7. The van der Waals surface area contributed by atoms with Gasteiger partial charge in [-0.1, -0.05) is 13.0 Å². The first kappa shape index (κ1) is 24.8. The van der Waals surface area contributed by atoms with Gasteiger partial charge in [-0.3, -0.25) is 19.5 Å². The topological polar surface area (TPSA) is 87.1 Å². The average molecular weight is 518 g/mol. The second-order valence-electron chi connectivity index (χ2n) is 11.7. The summed E-state index contributed by atoms with van der Waals surface area (Å²) in [5.41, 5.74) is -5.89. The molecular formula is C28H30F3NO5. The lowest BCUT2D eigenvalue weighted by Gasteiger charge is -2.63. The van der Waals surface area contributed by atoms with E-state index in [0.717, 1.165) is 6.08 Å². The summed E-state index contributed by atoms with van der Waals surface area (Å²) in [4.78, 5) is 31.9. The van der Waals surface area contributed by atoms with Gasteiger partial charge in [0.1, 0.15) is 18.6 Å². The van der Waals surface area contributed by atoms with Crippen molar-refractivity contribution in [3.05, 3.63) is 53.9 Å². The van der Waals surface area contributed by atoms with Gasteiger partial charge in [-0.15, -0.1) is 0 Å². The van der Waals surface area contributed by atoms with Gasteiger partial charge in [0, 0.05) is 22.7 Å². The van der Waals surface area contributed by atoms with Gasteiger partial charge in [-0.2, -0.15) is 0 Å². The minimum atomic E-state index is -2.26. The van der Waals surface area contributed by atoms with Crippen LogP contribution < -0.4 is 5.06 Å². The van der Waals surface area contributed by atoms with Crippen LogP contribution in [0.2, 0.25) is 0 Å². The number of aliphatic hydroxyl groups excluding tert-OH is 2. The minimum Gasteiger partial charge on any atom is -0.390 e. The zero-order chi connectivity index (χ0) is 26.5. The first-order chi connectivity index (χ1) is 17.4. The summed E-state index contributed by atoms with van der Waals surface area (Å²) >= 11 is 0. The first-order valence-electron chi connectivity index (χ1n) is 12.7. The number of ketones is 2. The second-order valence-corrected chi connectivity index (χ2v) is 11.7. The number of nitrogens with zero attached hydrogens (tertiary/aromatic N) is 1. The van der Waals surface area contributed by atoms with Crippen LogP contribution in [0.5, 0.6) is 0 Å². The Hall–Kier alpha value is -2.49. The van der Waals surface area contributed by atoms with Crippen LogP contribution in [0.3, 0.4) is 0 Å². The fourth-order valence-electron chi connectivity index (χ4n) is 8.63. The maximum absolute atomic E-state index is 17.4. The lowest BCUT2D eigenvalue weighted by Crippen LogP contribution is -2.70. The van der Waals surface area contributed by atoms with Crippen LogP contribution in [-0.2, 0) is 14.4 Å². The van der Waals surface area contributed by atoms with E-state index in [9.17, 15) is 24.2 Å². The number of allylic oxidation sites excluding steroid dienone is 4. The molecule has 9 heteroatoms. The van der Waals surface area contributed by atoms with E-state index in [1.807, 2.05) is 0 Å². The van der Waals surface area contributed by atoms with E-state index >= 15 is 8.78 Å². The maximum Gasteiger partial charge on any atom is 0.193 e. The van der Waals surface area contributed by atoms with E-state index in [1.54, 1.807) is 6.92 Å². The van der Waals surface area contributed by atoms with Crippen molar-refractivity contribution in [2.24, 2.45) is 28.6 Å². The van der Waals surface area contributed by atoms with E-state index in [4.69, 9.17) is 4.84 Å². The fraction of sp³-hybridized carbons (Fsp3) is 0.571. The largest absolute Gasteiger partial charge is 0.390 e. The van der Waals surface area contributed by atoms with Crippen molar-refractivity contribution in [2.45, 2.75) is 56.7 Å². The van der Waals surface area contributed by atoms with E-state index < -0.39 is 76.1 Å². The van der Waals surface area contributed by atoms with E-state index in [-0.39, 0.29) is 25.0 Å². The summed E-state index contributed by atoms with van der Waals surface area (Å²) in [5.74, 6) is -3.36. The molecule has 6 nitrogen and oxygen atoms in total. The minimum absolute atomic E-state index is 0.0412. The van der Waals surface area contributed by atoms with Crippen LogP contribution >= 0.6 is 0 Å². The van der Waals surface area contributed by atoms with E-state index in [0.29, 0.717) is 12.1 Å². The summed E-state index contributed by atoms with van der Waals surface area (Å²) in [6.45, 7) is 2.73. The number of benzene rings is 1. The molecule has 6 rings (SSSR count). The number of halogens is 3. The Bertz CT molecular complexity index is 1230. The molecule has 1 aromatic carbocycles. The second kappa shape index (κ2) is 7.77. The summed E-state index contributed by atoms with van der Waals surface area (Å²) in [6.07, 6.45) is 0.545. The van der Waals surface area contributed by atoms with Crippen molar-refractivity contribution >= 4 is 17.3 Å². The lowest BCUT2D eigenvalue weighted by molar-refractivity contribution is -0.228. The first-order valence-corrected chi connectivity index (χ1v) is 12.7. The Labute approximate surface area is 212 Å². The lowest BCUT2D eigenvalue weighted by atomic mass is 9.44. The third-order valence-corrected chi connectivity index (χ3v) is 10.3. The SMILES string of the molecule is C[C@]12C=CC(=O)C=C1[C@@H](F)C[C@H]1[C@@H]3C[C@H]4CN(c5ccc(F)cc5)O[C@@]4(C(=O)CO)[C@@]3(C)C[C@H](O)[C@@]12F. The highest BCUT2D eigenvalue weighted by molar-refractivity contribution is 6.01. The molecule has 1 saturated heterocycles. The van der Waals surface area contributed by atoms with Gasteiger partial charge in [-0.25, -0.2) is 13.2 Å². The van der Waals surface area contributed by atoms with Crippen LogP contribution in [-0.4, -0.2) is 58.5 Å². The molecule has 0 amide bonds. The standard InChI is InChI=1S/C28H30F3NO5/c1-25-8-7-18(34)10-21(25)22(30)11-20-19-9-15-13-32(17-5-3-16(29)4-6-17)37-28(15,24(36)14-33)26(19,2)12-23(35)27(20,25)31/h3-8,10,15,19-20,22-23,33,35H,9,11-14H2,1-2H3/t15-,19-,20-,22-,23-,25-,26-,27-,28-/m0/s1. The monoisotopic (exact) mass is 517 g/mol. The highest BCUT2D eigenvalue weighted by atomic mass is 19.1. The number of Topliss-reactive ketones (excluding diaryl/α,β-unsaturated/α-hetero) is 1. The predicted octanol–water partition coefficient (Wildman–Crippen LogP) is 3.42. The van der Waals surface area contributed by atoms with E-state index in [1.165, 1.54) is 48.4 Å². The van der Waals surface area contributed by atoms with Crippen molar-refractivity contribution in [1.82, 2.24) is 0 Å². The Balaban J connectivity index is 1.44. The summed E-state index contributed by atoms with van der Waals surface area (Å²) < 4.78 is 46.5. The number of aliphatic hydroxyl groups is 2. The highest BCUT2D eigenvalue weighted by Gasteiger charge is 2.79. The quantitative estimate of drug-likeness (QED) is 0.639.